The third kappa shape index (κ3) is 1.84. The maximum Gasteiger partial charge on any atom is 0.244 e. The van der Waals surface area contributed by atoms with Gasteiger partial charge >= 0.3 is 0 Å². The lowest BCUT2D eigenvalue weighted by molar-refractivity contribution is -0.118. The summed E-state index contributed by atoms with van der Waals surface area (Å²) in [7, 11) is 0. The Hall–Kier alpha value is -1.94. The highest BCUT2D eigenvalue weighted by molar-refractivity contribution is 6.05. The molecule has 1 aliphatic rings. The van der Waals surface area contributed by atoms with Crippen molar-refractivity contribution in [2.45, 2.75) is 25.3 Å². The van der Waals surface area contributed by atoms with Crippen LogP contribution in [0.4, 0.5) is 5.69 Å². The average Bonchev–Trinajstić information content (AvgIpc) is 3.09. The Bertz CT molecular complexity index is 632. The van der Waals surface area contributed by atoms with Crippen molar-refractivity contribution < 1.29 is 4.79 Å². The number of aromatic nitrogens is 1. The first-order valence-corrected chi connectivity index (χ1v) is 6.05. The highest BCUT2D eigenvalue weighted by Crippen LogP contribution is 2.34. The van der Waals surface area contributed by atoms with Gasteiger partial charge in [0.2, 0.25) is 5.91 Å². The number of benzene rings is 1. The number of carbonyl (C=O) groups excluding carboxylic acids is 1. The molecule has 1 aromatic carbocycles. The molecule has 3 rings (SSSR count). The van der Waals surface area contributed by atoms with Gasteiger partial charge in [-0.05, 0) is 31.9 Å². The number of rotatable bonds is 2. The van der Waals surface area contributed by atoms with Gasteiger partial charge in [0.25, 0.3) is 0 Å². The molecule has 1 fully saturated rings. The second kappa shape index (κ2) is 3.78. The number of carbonyl (C=O) groups is 1. The molecule has 0 unspecified atom stereocenters. The van der Waals surface area contributed by atoms with Crippen LogP contribution in [0, 0.1) is 6.92 Å². The molecule has 1 aliphatic carbocycles. The van der Waals surface area contributed by atoms with Crippen LogP contribution in [-0.4, -0.2) is 16.4 Å². The van der Waals surface area contributed by atoms with Crippen molar-refractivity contribution >= 4 is 22.5 Å². The highest BCUT2D eigenvalue weighted by atomic mass is 16.2. The van der Waals surface area contributed by atoms with Crippen LogP contribution in [0.1, 0.15) is 18.5 Å². The molecule has 92 valence electrons. The van der Waals surface area contributed by atoms with Crippen LogP contribution in [0.3, 0.4) is 0 Å². The van der Waals surface area contributed by atoms with E-state index in [-0.39, 0.29) is 5.91 Å². The molecule has 1 saturated carbocycles. The molecule has 4 nitrogen and oxygen atoms in total. The summed E-state index contributed by atoms with van der Waals surface area (Å²) in [6.07, 6.45) is 1.52. The molecule has 4 heteroatoms. The smallest absolute Gasteiger partial charge is 0.244 e. The van der Waals surface area contributed by atoms with Gasteiger partial charge in [0.1, 0.15) is 0 Å². The number of nitrogens with zero attached hydrogens (tertiary/aromatic N) is 1. The van der Waals surface area contributed by atoms with Gasteiger partial charge in [0.05, 0.1) is 16.7 Å². The zero-order valence-electron chi connectivity index (χ0n) is 10.2. The second-order valence-corrected chi connectivity index (χ2v) is 4.94. The Kier molecular flexibility index (Phi) is 2.35. The van der Waals surface area contributed by atoms with Gasteiger partial charge in [-0.2, -0.15) is 0 Å². The number of aryl methyl sites for hydroxylation is 1. The van der Waals surface area contributed by atoms with Gasteiger partial charge in [-0.3, -0.25) is 9.78 Å². The Morgan fingerprint density at radius 3 is 2.83 bits per heavy atom. The van der Waals surface area contributed by atoms with Crippen LogP contribution in [0.15, 0.2) is 30.3 Å². The summed E-state index contributed by atoms with van der Waals surface area (Å²) in [6, 6.07) is 9.71. The number of anilines is 1. The monoisotopic (exact) mass is 241 g/mol. The molecular formula is C14H15N3O. The van der Waals surface area contributed by atoms with Crippen molar-refractivity contribution in [1.29, 1.82) is 0 Å². The van der Waals surface area contributed by atoms with E-state index in [1.165, 1.54) is 0 Å². The largest absolute Gasteiger partial charge is 0.323 e. The number of nitrogens with one attached hydrogen (secondary N) is 1. The lowest BCUT2D eigenvalue weighted by Gasteiger charge is -2.12. The molecule has 1 heterocycles. The van der Waals surface area contributed by atoms with Crippen LogP contribution in [0.25, 0.3) is 10.9 Å². The fraction of sp³-hybridized carbons (Fsp3) is 0.286. The van der Waals surface area contributed by atoms with E-state index in [0.29, 0.717) is 0 Å². The van der Waals surface area contributed by atoms with Gasteiger partial charge in [-0.25, -0.2) is 0 Å². The van der Waals surface area contributed by atoms with E-state index in [1.807, 2.05) is 37.3 Å². The van der Waals surface area contributed by atoms with Crippen LogP contribution >= 0.6 is 0 Å². The molecule has 0 radical (unpaired) electrons. The van der Waals surface area contributed by atoms with E-state index < -0.39 is 5.54 Å². The summed E-state index contributed by atoms with van der Waals surface area (Å²) in [4.78, 5) is 16.4. The first-order chi connectivity index (χ1) is 8.58. The fourth-order valence-electron chi connectivity index (χ4n) is 1.95. The lowest BCUT2D eigenvalue weighted by Crippen LogP contribution is -2.37. The number of nitrogens with two attached hydrogens (primary N) is 1. The second-order valence-electron chi connectivity index (χ2n) is 4.94. The Morgan fingerprint density at radius 2 is 2.11 bits per heavy atom. The molecule has 1 amide bonds. The standard InChI is InChI=1S/C14H15N3O/c1-9-5-6-10-3-2-4-11(12(10)16-9)17-13(18)14(15)7-8-14/h2-6H,7-8,15H2,1H3,(H,17,18). The van der Waals surface area contributed by atoms with Gasteiger partial charge in [0, 0.05) is 11.1 Å². The maximum absolute atomic E-state index is 12.0. The third-order valence-corrected chi connectivity index (χ3v) is 3.35. The Balaban J connectivity index is 2.01. The van der Waals surface area contributed by atoms with E-state index >= 15 is 0 Å². The minimum atomic E-state index is -0.661. The van der Waals surface area contributed by atoms with E-state index in [1.54, 1.807) is 0 Å². The van der Waals surface area contributed by atoms with Crippen molar-refractivity contribution in [3.63, 3.8) is 0 Å². The van der Waals surface area contributed by atoms with Crippen molar-refractivity contribution in [3.8, 4) is 0 Å². The fourth-order valence-corrected chi connectivity index (χ4v) is 1.95. The summed E-state index contributed by atoms with van der Waals surface area (Å²) in [5.74, 6) is -0.113. The van der Waals surface area contributed by atoms with Gasteiger partial charge in [-0.15, -0.1) is 0 Å². The Morgan fingerprint density at radius 1 is 1.33 bits per heavy atom. The molecule has 0 bridgehead atoms. The number of para-hydroxylation sites is 1. The summed E-state index contributed by atoms with van der Waals surface area (Å²) in [6.45, 7) is 1.93. The number of amides is 1. The first kappa shape index (κ1) is 11.2. The molecule has 18 heavy (non-hydrogen) atoms. The molecule has 0 aliphatic heterocycles. The number of hydrogen-bond acceptors (Lipinski definition) is 3. The maximum atomic E-state index is 12.0. The van der Waals surface area contributed by atoms with Crippen molar-refractivity contribution in [2.24, 2.45) is 5.73 Å². The van der Waals surface area contributed by atoms with E-state index in [9.17, 15) is 4.79 Å². The summed E-state index contributed by atoms with van der Waals surface area (Å²) < 4.78 is 0. The summed E-state index contributed by atoms with van der Waals surface area (Å²) in [5, 5.41) is 3.90. The molecule has 1 aromatic heterocycles. The molecular weight excluding hydrogens is 226 g/mol. The van der Waals surface area contributed by atoms with E-state index in [0.717, 1.165) is 35.1 Å². The summed E-state index contributed by atoms with van der Waals surface area (Å²) in [5.41, 5.74) is 7.70. The zero-order valence-corrected chi connectivity index (χ0v) is 10.2. The minimum absolute atomic E-state index is 0.113. The summed E-state index contributed by atoms with van der Waals surface area (Å²) >= 11 is 0. The van der Waals surface area contributed by atoms with Crippen molar-refractivity contribution in [1.82, 2.24) is 4.98 Å². The van der Waals surface area contributed by atoms with Crippen LogP contribution in [-0.2, 0) is 4.79 Å². The zero-order chi connectivity index (χ0) is 12.8. The SMILES string of the molecule is Cc1ccc2cccc(NC(=O)C3(N)CC3)c2n1. The number of hydrogen-bond donors (Lipinski definition) is 2. The van der Waals surface area contributed by atoms with Crippen LogP contribution < -0.4 is 11.1 Å². The van der Waals surface area contributed by atoms with Crippen molar-refractivity contribution in [3.05, 3.63) is 36.0 Å². The molecule has 0 atom stereocenters. The number of fused-ring (bicyclic) bond motifs is 1. The minimum Gasteiger partial charge on any atom is -0.323 e. The topological polar surface area (TPSA) is 68.0 Å². The molecule has 0 spiro atoms. The lowest BCUT2D eigenvalue weighted by atomic mass is 10.1. The highest BCUT2D eigenvalue weighted by Gasteiger charge is 2.46. The average molecular weight is 241 g/mol. The third-order valence-electron chi connectivity index (χ3n) is 3.35. The van der Waals surface area contributed by atoms with Gasteiger partial charge in [-0.1, -0.05) is 18.2 Å². The van der Waals surface area contributed by atoms with E-state index in [4.69, 9.17) is 5.73 Å². The van der Waals surface area contributed by atoms with Crippen LogP contribution in [0.5, 0.6) is 0 Å². The van der Waals surface area contributed by atoms with Gasteiger partial charge in [0.15, 0.2) is 0 Å². The van der Waals surface area contributed by atoms with Crippen molar-refractivity contribution in [2.75, 3.05) is 5.32 Å². The molecule has 2 aromatic rings. The quantitative estimate of drug-likeness (QED) is 0.844. The first-order valence-electron chi connectivity index (χ1n) is 6.05. The Labute approximate surface area is 105 Å². The van der Waals surface area contributed by atoms with Crippen LogP contribution in [0.2, 0.25) is 0 Å². The molecule has 3 N–H and O–H groups in total. The normalized spacial score (nSPS) is 16.6. The van der Waals surface area contributed by atoms with Gasteiger partial charge < -0.3 is 11.1 Å². The number of pyridine rings is 1. The molecule has 0 saturated heterocycles. The predicted molar refractivity (Wildman–Crippen MR) is 71.3 cm³/mol. The predicted octanol–water partition coefficient (Wildman–Crippen LogP) is 1.97. The van der Waals surface area contributed by atoms with E-state index in [2.05, 4.69) is 10.3 Å².